The summed E-state index contributed by atoms with van der Waals surface area (Å²) in [6.07, 6.45) is 11.1. The van der Waals surface area contributed by atoms with Crippen molar-refractivity contribution in [2.45, 2.75) is 62.4 Å². The lowest BCUT2D eigenvalue weighted by Gasteiger charge is -2.27. The number of carbonyl (C=O) groups is 2. The molecule has 6 aromatic carbocycles. The molecule has 2 aliphatic heterocycles. The fourth-order valence-corrected chi connectivity index (χ4v) is 12.9. The van der Waals surface area contributed by atoms with Gasteiger partial charge in [0.15, 0.2) is 0 Å². The monoisotopic (exact) mass is 992 g/mol. The average molecular weight is 993 g/mol. The number of pyridine rings is 2. The highest BCUT2D eigenvalue weighted by Gasteiger charge is 2.43. The zero-order valence-electron chi connectivity index (χ0n) is 41.5. The van der Waals surface area contributed by atoms with Gasteiger partial charge in [-0.25, -0.2) is 9.59 Å². The summed E-state index contributed by atoms with van der Waals surface area (Å²) in [6.45, 7) is 0. The molecule has 76 heavy (non-hydrogen) atoms. The molecule has 2 aliphatic carbocycles. The van der Waals surface area contributed by atoms with Gasteiger partial charge in [0.1, 0.15) is 0 Å². The van der Waals surface area contributed by atoms with Crippen molar-refractivity contribution in [2.75, 3.05) is 9.80 Å². The first kappa shape index (κ1) is 45.3. The number of nitrogens with zero attached hydrogens (tertiary/aromatic N) is 4. The molecule has 0 saturated heterocycles. The van der Waals surface area contributed by atoms with Gasteiger partial charge in [-0.3, -0.25) is 9.97 Å². The van der Waals surface area contributed by atoms with Crippen molar-refractivity contribution in [1.29, 1.82) is 0 Å². The lowest BCUT2D eigenvalue weighted by molar-refractivity contribution is 0.0686. The molecule has 4 aromatic heterocycles. The number of nitrogens with one attached hydrogen (secondary N) is 2. The molecule has 0 amide bonds. The van der Waals surface area contributed by atoms with Crippen LogP contribution in [-0.2, 0) is 0 Å². The van der Waals surface area contributed by atoms with Crippen LogP contribution in [-0.4, -0.2) is 54.2 Å². The predicted molar refractivity (Wildman–Crippen MR) is 301 cm³/mol. The summed E-state index contributed by atoms with van der Waals surface area (Å²) < 4.78 is 0. The lowest BCUT2D eigenvalue weighted by Crippen LogP contribution is -2.26. The first-order valence-electron chi connectivity index (χ1n) is 26.3. The minimum atomic E-state index is -1.09. The number of fused-ring (bicyclic) bond motifs is 6. The van der Waals surface area contributed by atoms with Crippen LogP contribution in [0.4, 0.5) is 22.7 Å². The van der Waals surface area contributed by atoms with E-state index in [1.165, 1.54) is 72.4 Å². The van der Waals surface area contributed by atoms with Gasteiger partial charge in [0.2, 0.25) is 0 Å². The number of rotatable bonds is 11. The first-order chi connectivity index (χ1) is 37.3. The molecule has 10 nitrogen and oxygen atoms in total. The van der Waals surface area contributed by atoms with Crippen LogP contribution >= 0.6 is 0 Å². The Bertz CT molecular complexity index is 3630. The number of anilines is 4. The second kappa shape index (κ2) is 18.3. The van der Waals surface area contributed by atoms with Gasteiger partial charge in [-0.1, -0.05) is 85.6 Å². The smallest absolute Gasteiger partial charge is 0.335 e. The van der Waals surface area contributed by atoms with E-state index in [2.05, 4.69) is 129 Å². The summed E-state index contributed by atoms with van der Waals surface area (Å²) in [5, 5.41) is 20.7. The van der Waals surface area contributed by atoms with Gasteiger partial charge in [-0.15, -0.1) is 0 Å². The molecule has 4 aliphatic rings. The van der Waals surface area contributed by atoms with Gasteiger partial charge >= 0.3 is 11.9 Å². The van der Waals surface area contributed by atoms with Crippen LogP contribution in [0.15, 0.2) is 194 Å². The third-order valence-corrected chi connectivity index (χ3v) is 16.5. The molecule has 4 atom stereocenters. The summed E-state index contributed by atoms with van der Waals surface area (Å²) in [5.41, 5.74) is 19.2. The number of carboxylic acid groups (broad SMARTS) is 2. The number of hydrogen-bond acceptors (Lipinski definition) is 6. The maximum Gasteiger partial charge on any atom is 0.335 e. The van der Waals surface area contributed by atoms with E-state index in [1.54, 1.807) is 24.3 Å². The molecule has 4 N–H and O–H groups in total. The average Bonchev–Trinajstić information content (AvgIpc) is 4.39. The summed E-state index contributed by atoms with van der Waals surface area (Å²) in [5.74, 6) is -1.09. The highest BCUT2D eigenvalue weighted by Crippen LogP contribution is 2.54. The van der Waals surface area contributed by atoms with Gasteiger partial charge in [0, 0.05) is 81.6 Å². The van der Waals surface area contributed by atoms with Gasteiger partial charge < -0.3 is 30.0 Å². The van der Waals surface area contributed by atoms with Gasteiger partial charge in [0.05, 0.1) is 33.9 Å². The predicted octanol–water partition coefficient (Wildman–Crippen LogP) is 15.8. The van der Waals surface area contributed by atoms with Gasteiger partial charge in [-0.2, -0.15) is 0 Å². The molecule has 10 heteroatoms. The summed E-state index contributed by atoms with van der Waals surface area (Å²) in [4.78, 5) is 47.2. The Hall–Kier alpha value is -9.28. The normalized spacial score (nSPS) is 18.1. The topological polar surface area (TPSA) is 138 Å². The van der Waals surface area contributed by atoms with Crippen LogP contribution in [0.1, 0.15) is 82.2 Å². The summed E-state index contributed by atoms with van der Waals surface area (Å²) in [7, 11) is 0. The third-order valence-electron chi connectivity index (χ3n) is 16.5. The number of para-hydroxylation sites is 2. The standard InChI is InChI=1S/C66H52N6O4/c73-65(74)47-31-43(29-45(33-47)55-25-27-59(69-55)57-23-19-41(37-67-57)39-17-21-53-51-13-7-15-61(51)71(63(53)35-39)49-9-3-1-4-10-49)44-30-46(34-48(32-44)66(75)76)56-26-28-60(70-56)58-24-20-42(38-68-58)40-18-22-54-52-14-8-16-62(52)72(64(54)36-40)50-11-5-2-6-12-50/h1-6,9-12,17-38,51-52,61-62,69-70H,7-8,13-16H2,(H,73,74)(H,75,76). The molecule has 0 bridgehead atoms. The Morgan fingerprint density at radius 2 is 0.816 bits per heavy atom. The molecule has 14 rings (SSSR count). The number of benzene rings is 6. The number of aromatic carboxylic acids is 2. The zero-order valence-corrected chi connectivity index (χ0v) is 41.5. The van der Waals surface area contributed by atoms with E-state index >= 15 is 0 Å². The zero-order chi connectivity index (χ0) is 51.0. The largest absolute Gasteiger partial charge is 0.478 e. The minimum absolute atomic E-state index is 0.0739. The van der Waals surface area contributed by atoms with E-state index in [4.69, 9.17) is 9.97 Å². The van der Waals surface area contributed by atoms with Crippen LogP contribution in [0.25, 0.3) is 78.7 Å². The fraction of sp³-hybridized carbons (Fsp3) is 0.152. The van der Waals surface area contributed by atoms with Crippen LogP contribution in [0.5, 0.6) is 0 Å². The molecular formula is C66H52N6O4. The van der Waals surface area contributed by atoms with Crippen molar-refractivity contribution < 1.29 is 19.8 Å². The van der Waals surface area contributed by atoms with Crippen molar-refractivity contribution in [2.24, 2.45) is 0 Å². The fourth-order valence-electron chi connectivity index (χ4n) is 12.9. The Kier molecular flexibility index (Phi) is 10.9. The first-order valence-corrected chi connectivity index (χ1v) is 26.3. The Morgan fingerprint density at radius 3 is 1.22 bits per heavy atom. The van der Waals surface area contributed by atoms with Gasteiger partial charge in [0.25, 0.3) is 0 Å². The molecule has 6 heterocycles. The maximum absolute atomic E-state index is 12.7. The minimum Gasteiger partial charge on any atom is -0.478 e. The number of aromatic amines is 2. The van der Waals surface area contributed by atoms with E-state index in [0.29, 0.717) is 57.6 Å². The van der Waals surface area contributed by atoms with E-state index < -0.39 is 11.9 Å². The molecule has 10 aromatic rings. The molecule has 370 valence electrons. The van der Waals surface area contributed by atoms with Crippen molar-refractivity contribution in [3.63, 3.8) is 0 Å². The van der Waals surface area contributed by atoms with E-state index in [9.17, 15) is 19.8 Å². The maximum atomic E-state index is 12.7. The van der Waals surface area contributed by atoms with Gasteiger partial charge in [-0.05, 0) is 179 Å². The van der Waals surface area contributed by atoms with E-state index in [-0.39, 0.29) is 11.1 Å². The molecule has 2 fully saturated rings. The number of hydrogen-bond donors (Lipinski definition) is 4. The number of aromatic nitrogens is 4. The SMILES string of the molecule is O=C(O)c1cc(-c2cc(C(=O)O)cc(-c3ccc(-c4ccc(-c5ccc6c(c5)N(c5ccccc5)C5CCCC65)cn4)[nH]3)c2)cc(-c2ccc(-c3ccc(-c4ccc5c(c4)N(c4ccccc4)C4CCCC54)cn3)[nH]2)c1. The van der Waals surface area contributed by atoms with Crippen LogP contribution in [0.3, 0.4) is 0 Å². The molecular weight excluding hydrogens is 941 g/mol. The third kappa shape index (κ3) is 7.87. The second-order valence-corrected chi connectivity index (χ2v) is 20.8. The molecule has 2 saturated carbocycles. The summed E-state index contributed by atoms with van der Waals surface area (Å²) >= 11 is 0. The Labute approximate surface area is 440 Å². The quantitative estimate of drug-likeness (QED) is 0.100. The number of H-pyrrole nitrogens is 2. The molecule has 0 radical (unpaired) electrons. The highest BCUT2D eigenvalue weighted by atomic mass is 16.4. The van der Waals surface area contributed by atoms with Crippen LogP contribution in [0, 0.1) is 0 Å². The van der Waals surface area contributed by atoms with E-state index in [1.807, 2.05) is 60.9 Å². The number of carboxylic acids is 2. The van der Waals surface area contributed by atoms with Crippen molar-refractivity contribution in [3.8, 4) is 78.7 Å². The van der Waals surface area contributed by atoms with E-state index in [0.717, 1.165) is 45.0 Å². The lowest BCUT2D eigenvalue weighted by atomic mass is 9.95. The van der Waals surface area contributed by atoms with Crippen LogP contribution in [0.2, 0.25) is 0 Å². The Morgan fingerprint density at radius 1 is 0.408 bits per heavy atom. The molecule has 4 unspecified atom stereocenters. The molecule has 0 spiro atoms. The van der Waals surface area contributed by atoms with Crippen molar-refractivity contribution >= 4 is 34.7 Å². The summed E-state index contributed by atoms with van der Waals surface area (Å²) in [6, 6.07) is 62.2. The van der Waals surface area contributed by atoms with Crippen molar-refractivity contribution in [1.82, 2.24) is 19.9 Å². The second-order valence-electron chi connectivity index (χ2n) is 20.8. The van der Waals surface area contributed by atoms with Crippen LogP contribution < -0.4 is 9.80 Å². The Balaban J connectivity index is 0.723. The highest BCUT2D eigenvalue weighted by molar-refractivity contribution is 5.95. The van der Waals surface area contributed by atoms with Crippen molar-refractivity contribution in [3.05, 3.63) is 217 Å².